The number of halogens is 6. The lowest BCUT2D eigenvalue weighted by Gasteiger charge is -2.35. The summed E-state index contributed by atoms with van der Waals surface area (Å²) in [7, 11) is 0. The third-order valence-electron chi connectivity index (χ3n) is 8.03. The summed E-state index contributed by atoms with van der Waals surface area (Å²) in [6.07, 6.45) is 0. The lowest BCUT2D eigenvalue weighted by atomic mass is 9.91. The summed E-state index contributed by atoms with van der Waals surface area (Å²) in [6, 6.07) is 10.9. The van der Waals surface area contributed by atoms with Crippen molar-refractivity contribution in [2.75, 3.05) is 59.3 Å². The molecular weight excluding hydrogens is 624 g/mol. The van der Waals surface area contributed by atoms with Crippen molar-refractivity contribution in [3.8, 4) is 0 Å². The van der Waals surface area contributed by atoms with E-state index < -0.39 is 51.5 Å². The molecule has 0 bridgehead atoms. The maximum atomic E-state index is 13.5. The number of hydrogen-bond acceptors (Lipinski definition) is 6. The Morgan fingerprint density at radius 2 is 0.723 bits per heavy atom. The molecule has 6 nitrogen and oxygen atoms in total. The summed E-state index contributed by atoms with van der Waals surface area (Å²) in [5.41, 5.74) is -0.335. The predicted octanol–water partition coefficient (Wildman–Crippen LogP) is 6.67. The summed E-state index contributed by atoms with van der Waals surface area (Å²) in [4.78, 5) is 0. The van der Waals surface area contributed by atoms with E-state index >= 15 is 0 Å². The molecule has 6 rings (SSSR count). The SMILES string of the molecule is C.C.CC1(c2ccc(F)cc2F)COCCN1.CC1(c2ccc(F)cc2F)COCCN1.CC1(c2ccc(F)cc2F)COCCN1. The molecule has 0 radical (unpaired) electrons. The van der Waals surface area contributed by atoms with Crippen LogP contribution < -0.4 is 16.0 Å². The molecule has 3 aliphatic heterocycles. The van der Waals surface area contributed by atoms with Gasteiger partial charge in [0.25, 0.3) is 0 Å². The molecule has 12 heteroatoms. The second-order valence-corrected chi connectivity index (χ2v) is 11.8. The van der Waals surface area contributed by atoms with E-state index in [0.717, 1.165) is 18.2 Å². The molecule has 0 amide bonds. The highest BCUT2D eigenvalue weighted by atomic mass is 19.2. The van der Waals surface area contributed by atoms with Gasteiger partial charge in [0, 0.05) is 54.5 Å². The van der Waals surface area contributed by atoms with Gasteiger partial charge in [-0.05, 0) is 39.0 Å². The minimum absolute atomic E-state index is 0. The summed E-state index contributed by atoms with van der Waals surface area (Å²) in [5.74, 6) is -3.27. The first kappa shape index (κ1) is 40.2. The van der Waals surface area contributed by atoms with Gasteiger partial charge in [-0.1, -0.05) is 33.1 Å². The van der Waals surface area contributed by atoms with Gasteiger partial charge in [-0.25, -0.2) is 26.3 Å². The molecule has 0 saturated carbocycles. The van der Waals surface area contributed by atoms with Crippen LogP contribution >= 0.6 is 0 Å². The van der Waals surface area contributed by atoms with Gasteiger partial charge in [0.05, 0.1) is 56.3 Å². The molecule has 3 fully saturated rings. The lowest BCUT2D eigenvalue weighted by Crippen LogP contribution is -2.49. The zero-order valence-corrected chi connectivity index (χ0v) is 25.6. The Hall–Kier alpha value is -3.00. The molecule has 3 heterocycles. The smallest absolute Gasteiger partial charge is 0.131 e. The third-order valence-corrected chi connectivity index (χ3v) is 8.03. The van der Waals surface area contributed by atoms with Crippen LogP contribution in [0, 0.1) is 34.9 Å². The third kappa shape index (κ3) is 10.2. The average Bonchev–Trinajstić information content (AvgIpc) is 2.98. The Bertz CT molecular complexity index is 1260. The first-order chi connectivity index (χ1) is 21.4. The Morgan fingerprint density at radius 3 is 0.915 bits per heavy atom. The van der Waals surface area contributed by atoms with Crippen molar-refractivity contribution >= 4 is 0 Å². The van der Waals surface area contributed by atoms with Crippen molar-refractivity contribution in [1.82, 2.24) is 16.0 Å². The molecule has 3 unspecified atom stereocenters. The molecule has 3 saturated heterocycles. The number of benzene rings is 3. The number of rotatable bonds is 3. The Kier molecular flexibility index (Phi) is 14.9. The van der Waals surface area contributed by atoms with Crippen LogP contribution in [0.3, 0.4) is 0 Å². The molecule has 3 N–H and O–H groups in total. The van der Waals surface area contributed by atoms with Gasteiger partial charge < -0.3 is 30.2 Å². The first-order valence-electron chi connectivity index (χ1n) is 14.7. The van der Waals surface area contributed by atoms with Crippen molar-refractivity contribution in [3.05, 3.63) is 106 Å². The first-order valence-corrected chi connectivity index (χ1v) is 14.7. The Labute approximate surface area is 274 Å². The molecule has 3 aromatic carbocycles. The monoisotopic (exact) mass is 671 g/mol. The highest BCUT2D eigenvalue weighted by Gasteiger charge is 2.33. The van der Waals surface area contributed by atoms with E-state index in [1.165, 1.54) is 36.4 Å². The molecule has 47 heavy (non-hydrogen) atoms. The van der Waals surface area contributed by atoms with Crippen molar-refractivity contribution in [1.29, 1.82) is 0 Å². The number of ether oxygens (including phenoxy) is 3. The van der Waals surface area contributed by atoms with Gasteiger partial charge in [-0.3, -0.25) is 0 Å². The second-order valence-electron chi connectivity index (χ2n) is 11.8. The average molecular weight is 672 g/mol. The maximum Gasteiger partial charge on any atom is 0.131 e. The fourth-order valence-electron chi connectivity index (χ4n) is 5.51. The van der Waals surface area contributed by atoms with E-state index in [0.29, 0.717) is 76.0 Å². The Balaban J connectivity index is 0.000000240. The van der Waals surface area contributed by atoms with Crippen molar-refractivity contribution in [2.45, 2.75) is 52.2 Å². The minimum Gasteiger partial charge on any atom is -0.378 e. The van der Waals surface area contributed by atoms with Gasteiger partial charge in [0.15, 0.2) is 0 Å². The number of hydrogen-bond donors (Lipinski definition) is 3. The fraction of sp³-hybridized carbons (Fsp3) is 0.486. The van der Waals surface area contributed by atoms with E-state index in [1.54, 1.807) is 0 Å². The maximum absolute atomic E-state index is 13.5. The highest BCUT2D eigenvalue weighted by Crippen LogP contribution is 2.28. The van der Waals surface area contributed by atoms with Gasteiger partial charge in [0.2, 0.25) is 0 Å². The van der Waals surface area contributed by atoms with E-state index in [-0.39, 0.29) is 14.9 Å². The molecule has 262 valence electrons. The minimum atomic E-state index is -0.559. The van der Waals surface area contributed by atoms with E-state index in [1.807, 2.05) is 20.8 Å². The quantitative estimate of drug-likeness (QED) is 0.271. The molecule has 0 aliphatic carbocycles. The number of morpholine rings is 3. The Morgan fingerprint density at radius 1 is 0.468 bits per heavy atom. The van der Waals surface area contributed by atoms with Crippen molar-refractivity contribution in [3.63, 3.8) is 0 Å². The van der Waals surface area contributed by atoms with Crippen molar-refractivity contribution in [2.24, 2.45) is 0 Å². The zero-order chi connectivity index (χ0) is 32.7. The van der Waals surface area contributed by atoms with Gasteiger partial charge >= 0.3 is 0 Å². The van der Waals surface area contributed by atoms with Crippen molar-refractivity contribution < 1.29 is 40.6 Å². The van der Waals surface area contributed by atoms with Crippen LogP contribution in [-0.2, 0) is 30.8 Å². The van der Waals surface area contributed by atoms with Gasteiger partial charge in [0.1, 0.15) is 34.9 Å². The molecule has 3 atom stereocenters. The summed E-state index contributed by atoms with van der Waals surface area (Å²) >= 11 is 0. The van der Waals surface area contributed by atoms with Gasteiger partial charge in [-0.15, -0.1) is 0 Å². The van der Waals surface area contributed by atoms with Crippen LogP contribution in [-0.4, -0.2) is 59.3 Å². The van der Waals surface area contributed by atoms with Crippen LogP contribution in [0.15, 0.2) is 54.6 Å². The summed E-state index contributed by atoms with van der Waals surface area (Å²) < 4.78 is 94.8. The van der Waals surface area contributed by atoms with Crippen LogP contribution in [0.1, 0.15) is 52.3 Å². The summed E-state index contributed by atoms with van der Waals surface area (Å²) in [5, 5.41) is 9.55. The molecule has 0 aromatic heterocycles. The van der Waals surface area contributed by atoms with E-state index in [2.05, 4.69) is 16.0 Å². The largest absolute Gasteiger partial charge is 0.378 e. The molecule has 3 aromatic rings. The van der Waals surface area contributed by atoms with Crippen LogP contribution in [0.2, 0.25) is 0 Å². The highest BCUT2D eigenvalue weighted by molar-refractivity contribution is 5.29. The zero-order valence-electron chi connectivity index (χ0n) is 25.6. The normalized spacial score (nSPS) is 25.5. The number of nitrogens with one attached hydrogen (secondary N) is 3. The van der Waals surface area contributed by atoms with E-state index in [9.17, 15) is 26.3 Å². The van der Waals surface area contributed by atoms with Gasteiger partial charge in [-0.2, -0.15) is 0 Å². The summed E-state index contributed by atoms with van der Waals surface area (Å²) in [6.45, 7) is 10.6. The lowest BCUT2D eigenvalue weighted by molar-refractivity contribution is 0.0323. The van der Waals surface area contributed by atoms with Crippen LogP contribution in [0.4, 0.5) is 26.3 Å². The standard InChI is InChI=1S/3C11H13F2NO.2CH4/c3*1-11(7-15-5-4-14-11)9-3-2-8(12)6-10(9)13;;/h3*2-3,6,14H,4-5,7H2,1H3;2*1H4. The predicted molar refractivity (Wildman–Crippen MR) is 171 cm³/mol. The van der Waals surface area contributed by atoms with Crippen LogP contribution in [0.25, 0.3) is 0 Å². The molecular formula is C35H47F6N3O3. The molecule has 3 aliphatic rings. The fourth-order valence-corrected chi connectivity index (χ4v) is 5.51. The van der Waals surface area contributed by atoms with Crippen LogP contribution in [0.5, 0.6) is 0 Å². The van der Waals surface area contributed by atoms with E-state index in [4.69, 9.17) is 14.2 Å². The molecule has 0 spiro atoms. The topological polar surface area (TPSA) is 63.8 Å². The second kappa shape index (κ2) is 17.4.